The molecule has 39 heavy (non-hydrogen) atoms. The quantitative estimate of drug-likeness (QED) is 0.496. The van der Waals surface area contributed by atoms with E-state index in [0.29, 0.717) is 29.3 Å². The van der Waals surface area contributed by atoms with Gasteiger partial charge in [0.05, 0.1) is 19.2 Å². The molecule has 0 saturated carbocycles. The van der Waals surface area contributed by atoms with E-state index in [2.05, 4.69) is 10.3 Å². The average Bonchev–Trinajstić information content (AvgIpc) is 3.42. The zero-order valence-electron chi connectivity index (χ0n) is 22.2. The lowest BCUT2D eigenvalue weighted by molar-refractivity contribution is 0.0356. The zero-order valence-corrected chi connectivity index (χ0v) is 22.2. The molecule has 3 amide bonds. The lowest BCUT2D eigenvalue weighted by Gasteiger charge is -2.37. The number of hydrogen-bond donors (Lipinski definition) is 2. The van der Waals surface area contributed by atoms with Gasteiger partial charge < -0.3 is 34.4 Å². The molecule has 0 bridgehead atoms. The summed E-state index contributed by atoms with van der Waals surface area (Å²) < 4.78 is 17.1. The summed E-state index contributed by atoms with van der Waals surface area (Å²) in [6, 6.07) is 15.9. The smallest absolute Gasteiger partial charge is 0.321 e. The molecule has 2 N–H and O–H groups in total. The summed E-state index contributed by atoms with van der Waals surface area (Å²) in [4.78, 5) is 34.4. The normalized spacial score (nSPS) is 18.9. The lowest BCUT2D eigenvalue weighted by atomic mass is 9.99. The standard InChI is InChI=1S/C29H32N4O6/c1-18-14-33(19(2)16-34)28(35)23-11-21(20-7-5-4-6-8-20)13-30-27(23)39-26(18)15-32(3)29(36)31-22-9-10-24-25(12-22)38-17-37-24/h4-13,18-19,26,34H,14-17H2,1-3H3,(H,31,36)/t18-,19+,26-/m1/s1. The van der Waals surface area contributed by atoms with Crippen LogP contribution in [0.25, 0.3) is 11.1 Å². The van der Waals surface area contributed by atoms with Gasteiger partial charge in [-0.25, -0.2) is 9.78 Å². The van der Waals surface area contributed by atoms with Gasteiger partial charge in [0, 0.05) is 43.0 Å². The van der Waals surface area contributed by atoms with E-state index in [1.807, 2.05) is 37.3 Å². The molecule has 0 spiro atoms. The number of carbonyl (C=O) groups is 2. The molecule has 2 aliphatic rings. The van der Waals surface area contributed by atoms with Crippen molar-refractivity contribution in [3.8, 4) is 28.5 Å². The third kappa shape index (κ3) is 5.61. The van der Waals surface area contributed by atoms with E-state index in [9.17, 15) is 14.7 Å². The Balaban J connectivity index is 1.38. The number of aliphatic hydroxyl groups excluding tert-OH is 1. The van der Waals surface area contributed by atoms with E-state index in [1.165, 1.54) is 4.90 Å². The number of aliphatic hydroxyl groups is 1. The first-order chi connectivity index (χ1) is 18.8. The van der Waals surface area contributed by atoms with Crippen LogP contribution in [0.5, 0.6) is 17.4 Å². The summed E-state index contributed by atoms with van der Waals surface area (Å²) in [5, 5.41) is 12.8. The van der Waals surface area contributed by atoms with E-state index in [0.717, 1.165) is 11.1 Å². The lowest BCUT2D eigenvalue weighted by Crippen LogP contribution is -2.50. The largest absolute Gasteiger partial charge is 0.472 e. The van der Waals surface area contributed by atoms with E-state index in [1.54, 1.807) is 49.3 Å². The molecule has 0 saturated heterocycles. The van der Waals surface area contributed by atoms with Crippen molar-refractivity contribution in [2.75, 3.05) is 38.9 Å². The number of hydrogen-bond acceptors (Lipinski definition) is 7. The molecule has 0 aliphatic carbocycles. The Morgan fingerprint density at radius 1 is 1.15 bits per heavy atom. The number of anilines is 1. The Morgan fingerprint density at radius 3 is 2.69 bits per heavy atom. The molecule has 5 rings (SSSR count). The van der Waals surface area contributed by atoms with Gasteiger partial charge in [-0.2, -0.15) is 0 Å². The Hall–Kier alpha value is -4.31. The van der Waals surface area contributed by atoms with Gasteiger partial charge in [-0.3, -0.25) is 4.79 Å². The van der Waals surface area contributed by atoms with Crippen LogP contribution in [-0.4, -0.2) is 77.5 Å². The third-order valence-corrected chi connectivity index (χ3v) is 7.05. The molecule has 3 atom stereocenters. The summed E-state index contributed by atoms with van der Waals surface area (Å²) in [7, 11) is 1.68. The molecule has 0 radical (unpaired) electrons. The highest BCUT2D eigenvalue weighted by atomic mass is 16.7. The van der Waals surface area contributed by atoms with Crippen LogP contribution in [0.2, 0.25) is 0 Å². The molecule has 1 aromatic heterocycles. The van der Waals surface area contributed by atoms with E-state index in [-0.39, 0.29) is 43.7 Å². The van der Waals surface area contributed by atoms with Crippen LogP contribution in [0.15, 0.2) is 60.8 Å². The molecular weight excluding hydrogens is 500 g/mol. The van der Waals surface area contributed by atoms with Crippen molar-refractivity contribution < 1.29 is 28.9 Å². The Kier molecular flexibility index (Phi) is 7.56. The molecule has 0 fully saturated rings. The molecule has 3 heterocycles. The zero-order chi connectivity index (χ0) is 27.5. The van der Waals surface area contributed by atoms with Gasteiger partial charge in [-0.15, -0.1) is 0 Å². The van der Waals surface area contributed by atoms with Crippen LogP contribution in [0.3, 0.4) is 0 Å². The molecule has 2 aromatic carbocycles. The van der Waals surface area contributed by atoms with E-state index in [4.69, 9.17) is 14.2 Å². The van der Waals surface area contributed by atoms with Gasteiger partial charge in [0.1, 0.15) is 11.7 Å². The number of urea groups is 1. The molecule has 204 valence electrons. The second-order valence-corrected chi connectivity index (χ2v) is 9.94. The van der Waals surface area contributed by atoms with Gasteiger partial charge in [0.15, 0.2) is 11.5 Å². The number of aromatic nitrogens is 1. The number of rotatable bonds is 6. The Labute approximate surface area is 227 Å². The maximum absolute atomic E-state index is 13.6. The number of likely N-dealkylation sites (N-methyl/N-ethyl adjacent to an activating group) is 1. The predicted octanol–water partition coefficient (Wildman–Crippen LogP) is 3.86. The molecule has 10 nitrogen and oxygen atoms in total. The van der Waals surface area contributed by atoms with Gasteiger partial charge in [0.25, 0.3) is 5.91 Å². The second kappa shape index (κ2) is 11.2. The number of pyridine rings is 1. The van der Waals surface area contributed by atoms with Crippen LogP contribution in [0.4, 0.5) is 10.5 Å². The maximum atomic E-state index is 13.6. The highest BCUT2D eigenvalue weighted by Crippen LogP contribution is 2.34. The summed E-state index contributed by atoms with van der Waals surface area (Å²) in [5.41, 5.74) is 2.61. The fraction of sp³-hybridized carbons (Fsp3) is 0.345. The van der Waals surface area contributed by atoms with Gasteiger partial charge in [0.2, 0.25) is 12.7 Å². The van der Waals surface area contributed by atoms with Crippen molar-refractivity contribution in [3.05, 3.63) is 66.4 Å². The monoisotopic (exact) mass is 532 g/mol. The maximum Gasteiger partial charge on any atom is 0.321 e. The molecule has 10 heteroatoms. The van der Waals surface area contributed by atoms with Gasteiger partial charge >= 0.3 is 6.03 Å². The number of amides is 3. The van der Waals surface area contributed by atoms with Crippen molar-refractivity contribution in [1.29, 1.82) is 0 Å². The van der Waals surface area contributed by atoms with Crippen molar-refractivity contribution in [2.45, 2.75) is 26.0 Å². The van der Waals surface area contributed by atoms with Crippen LogP contribution >= 0.6 is 0 Å². The van der Waals surface area contributed by atoms with Crippen molar-refractivity contribution >= 4 is 17.6 Å². The first-order valence-electron chi connectivity index (χ1n) is 12.9. The summed E-state index contributed by atoms with van der Waals surface area (Å²) in [6.07, 6.45) is 1.22. The minimum atomic E-state index is -0.465. The first-order valence-corrected chi connectivity index (χ1v) is 12.9. The topological polar surface area (TPSA) is 113 Å². The number of fused-ring (bicyclic) bond motifs is 2. The number of ether oxygens (including phenoxy) is 3. The van der Waals surface area contributed by atoms with Crippen molar-refractivity contribution in [1.82, 2.24) is 14.8 Å². The van der Waals surface area contributed by atoms with Crippen LogP contribution in [0, 0.1) is 5.92 Å². The summed E-state index contributed by atoms with van der Waals surface area (Å²) in [5.74, 6) is 1.00. The SMILES string of the molecule is C[C@@H]1CN([C@@H](C)CO)C(=O)c2cc(-c3ccccc3)cnc2O[C@@H]1CN(C)C(=O)Nc1ccc2c(c1)OCO2. The van der Waals surface area contributed by atoms with Crippen LogP contribution < -0.4 is 19.5 Å². The van der Waals surface area contributed by atoms with Gasteiger partial charge in [-0.1, -0.05) is 37.3 Å². The minimum absolute atomic E-state index is 0.153. The van der Waals surface area contributed by atoms with E-state index < -0.39 is 12.1 Å². The fourth-order valence-corrected chi connectivity index (χ4v) is 4.65. The molecule has 0 unspecified atom stereocenters. The second-order valence-electron chi connectivity index (χ2n) is 9.94. The highest BCUT2D eigenvalue weighted by Gasteiger charge is 2.35. The van der Waals surface area contributed by atoms with Gasteiger partial charge in [-0.05, 0) is 30.7 Å². The molecule has 2 aliphatic heterocycles. The average molecular weight is 533 g/mol. The number of nitrogens with one attached hydrogen (secondary N) is 1. The Morgan fingerprint density at radius 2 is 1.92 bits per heavy atom. The van der Waals surface area contributed by atoms with Crippen LogP contribution in [-0.2, 0) is 0 Å². The minimum Gasteiger partial charge on any atom is -0.472 e. The first kappa shape index (κ1) is 26.3. The summed E-state index contributed by atoms with van der Waals surface area (Å²) in [6.45, 7) is 4.33. The molecule has 3 aromatic rings. The van der Waals surface area contributed by atoms with Crippen LogP contribution in [0.1, 0.15) is 24.2 Å². The van der Waals surface area contributed by atoms with E-state index >= 15 is 0 Å². The fourth-order valence-electron chi connectivity index (χ4n) is 4.65. The third-order valence-electron chi connectivity index (χ3n) is 7.05. The predicted molar refractivity (Wildman–Crippen MR) is 145 cm³/mol. The number of nitrogens with zero attached hydrogens (tertiary/aromatic N) is 3. The molecular formula is C29H32N4O6. The number of carbonyl (C=O) groups excluding carboxylic acids is 2. The Bertz CT molecular complexity index is 1350. The van der Waals surface area contributed by atoms with Crippen molar-refractivity contribution in [3.63, 3.8) is 0 Å². The van der Waals surface area contributed by atoms with Crippen molar-refractivity contribution in [2.24, 2.45) is 5.92 Å². The highest BCUT2D eigenvalue weighted by molar-refractivity contribution is 5.98. The number of benzene rings is 2. The summed E-state index contributed by atoms with van der Waals surface area (Å²) >= 11 is 0.